The molecule has 1 saturated carbocycles. The Hall–Kier alpha value is -0.530. The molecule has 0 amide bonds. The number of rotatable bonds is 3. The highest BCUT2D eigenvalue weighted by Crippen LogP contribution is 2.30. The van der Waals surface area contributed by atoms with Gasteiger partial charge >= 0.3 is 5.97 Å². The lowest BCUT2D eigenvalue weighted by atomic mass is 10.3. The lowest BCUT2D eigenvalue weighted by Crippen LogP contribution is -2.14. The molecular formula is C8H14O2. The third-order valence-corrected chi connectivity index (χ3v) is 1.80. The molecule has 58 valence electrons. The van der Waals surface area contributed by atoms with E-state index in [0.717, 1.165) is 19.3 Å². The summed E-state index contributed by atoms with van der Waals surface area (Å²) in [5, 5.41) is 0. The van der Waals surface area contributed by atoms with Crippen molar-refractivity contribution in [1.29, 1.82) is 0 Å². The summed E-state index contributed by atoms with van der Waals surface area (Å²) in [6.45, 7) is 3.95. The molecule has 0 heterocycles. The van der Waals surface area contributed by atoms with Gasteiger partial charge in [0, 0.05) is 0 Å². The molecule has 10 heavy (non-hydrogen) atoms. The molecular weight excluding hydrogens is 128 g/mol. The van der Waals surface area contributed by atoms with Crippen molar-refractivity contribution in [3.8, 4) is 0 Å². The van der Waals surface area contributed by atoms with Gasteiger partial charge in [-0.1, -0.05) is 6.92 Å². The average molecular weight is 142 g/mol. The normalized spacial score (nSPS) is 20.2. The molecule has 0 aromatic rings. The third kappa shape index (κ3) is 2.01. The molecule has 1 rings (SSSR count). The van der Waals surface area contributed by atoms with Gasteiger partial charge in [0.1, 0.15) is 0 Å². The number of esters is 1. The number of hydrogen-bond acceptors (Lipinski definition) is 2. The van der Waals surface area contributed by atoms with E-state index >= 15 is 0 Å². The highest BCUT2D eigenvalue weighted by atomic mass is 16.5. The summed E-state index contributed by atoms with van der Waals surface area (Å²) in [5.41, 5.74) is 0. The van der Waals surface area contributed by atoms with Crippen molar-refractivity contribution in [3.63, 3.8) is 0 Å². The van der Waals surface area contributed by atoms with Gasteiger partial charge in [0.15, 0.2) is 0 Å². The maximum absolute atomic E-state index is 11.0. The Morgan fingerprint density at radius 1 is 1.70 bits per heavy atom. The van der Waals surface area contributed by atoms with E-state index in [4.69, 9.17) is 4.74 Å². The summed E-state index contributed by atoms with van der Waals surface area (Å²) >= 11 is 0. The highest BCUT2D eigenvalue weighted by Gasteiger charge is 2.31. The van der Waals surface area contributed by atoms with Crippen molar-refractivity contribution in [1.82, 2.24) is 0 Å². The summed E-state index contributed by atoms with van der Waals surface area (Å²) in [6, 6.07) is 0. The first-order chi connectivity index (χ1) is 4.74. The molecule has 0 aromatic heterocycles. The second-order valence-corrected chi connectivity index (χ2v) is 2.93. The van der Waals surface area contributed by atoms with E-state index in [1.165, 1.54) is 0 Å². The van der Waals surface area contributed by atoms with Gasteiger partial charge in [-0.25, -0.2) is 0 Å². The minimum absolute atomic E-state index is 0.00866. The number of carbonyl (C=O) groups is 1. The van der Waals surface area contributed by atoms with Crippen LogP contribution in [-0.4, -0.2) is 12.1 Å². The molecule has 0 aromatic carbocycles. The lowest BCUT2D eigenvalue weighted by molar-refractivity contribution is -0.149. The van der Waals surface area contributed by atoms with Gasteiger partial charge in [-0.3, -0.25) is 4.79 Å². The fourth-order valence-electron chi connectivity index (χ4n) is 0.697. The van der Waals surface area contributed by atoms with Crippen LogP contribution in [0, 0.1) is 5.92 Å². The van der Waals surface area contributed by atoms with Crippen LogP contribution in [0.1, 0.15) is 33.1 Å². The quantitative estimate of drug-likeness (QED) is 0.561. The van der Waals surface area contributed by atoms with Crippen LogP contribution in [0.4, 0.5) is 0 Å². The van der Waals surface area contributed by atoms with Crippen LogP contribution in [-0.2, 0) is 9.53 Å². The molecule has 0 saturated heterocycles. The molecule has 0 aliphatic heterocycles. The van der Waals surface area contributed by atoms with Gasteiger partial charge in [-0.15, -0.1) is 0 Å². The molecule has 2 heteroatoms. The van der Waals surface area contributed by atoms with Gasteiger partial charge in [0.25, 0.3) is 0 Å². The minimum atomic E-state index is 0.00866. The molecule has 1 aliphatic rings. The van der Waals surface area contributed by atoms with E-state index in [1.807, 2.05) is 13.8 Å². The third-order valence-electron chi connectivity index (χ3n) is 1.80. The van der Waals surface area contributed by atoms with Gasteiger partial charge < -0.3 is 4.74 Å². The second-order valence-electron chi connectivity index (χ2n) is 2.93. The Balaban J connectivity index is 2.16. The monoisotopic (exact) mass is 142 g/mol. The van der Waals surface area contributed by atoms with Crippen LogP contribution in [0.3, 0.4) is 0 Å². The maximum atomic E-state index is 11.0. The number of hydrogen-bond donors (Lipinski definition) is 0. The predicted molar refractivity (Wildman–Crippen MR) is 38.6 cm³/mol. The first-order valence-corrected chi connectivity index (χ1v) is 3.94. The topological polar surface area (TPSA) is 26.3 Å². The van der Waals surface area contributed by atoms with E-state index in [1.54, 1.807) is 0 Å². The predicted octanol–water partition coefficient (Wildman–Crippen LogP) is 1.74. The van der Waals surface area contributed by atoms with Gasteiger partial charge in [0.2, 0.25) is 0 Å². The van der Waals surface area contributed by atoms with E-state index < -0.39 is 0 Å². The van der Waals surface area contributed by atoms with E-state index in [-0.39, 0.29) is 18.0 Å². The van der Waals surface area contributed by atoms with Crippen molar-refractivity contribution in [3.05, 3.63) is 0 Å². The molecule has 1 atom stereocenters. The molecule has 0 radical (unpaired) electrons. The molecule has 0 bridgehead atoms. The fourth-order valence-corrected chi connectivity index (χ4v) is 0.697. The molecule has 0 unspecified atom stereocenters. The van der Waals surface area contributed by atoms with Crippen LogP contribution >= 0.6 is 0 Å². The second kappa shape index (κ2) is 3.04. The summed E-state index contributed by atoms with van der Waals surface area (Å²) in [7, 11) is 0. The SMILES string of the molecule is CC[C@@H](C)OC(=O)C1CC1. The molecule has 0 spiro atoms. The van der Waals surface area contributed by atoms with Gasteiger partial charge in [0.05, 0.1) is 12.0 Å². The summed E-state index contributed by atoms with van der Waals surface area (Å²) in [5.74, 6) is 0.253. The van der Waals surface area contributed by atoms with Crippen LogP contribution in [0.5, 0.6) is 0 Å². The first kappa shape index (κ1) is 7.58. The molecule has 0 N–H and O–H groups in total. The van der Waals surface area contributed by atoms with E-state index in [2.05, 4.69) is 0 Å². The average Bonchev–Trinajstić information content (AvgIpc) is 2.68. The molecule has 1 aliphatic carbocycles. The number of carbonyl (C=O) groups excluding carboxylic acids is 1. The fraction of sp³-hybridized carbons (Fsp3) is 0.875. The van der Waals surface area contributed by atoms with Gasteiger partial charge in [-0.05, 0) is 26.2 Å². The Kier molecular flexibility index (Phi) is 2.30. The van der Waals surface area contributed by atoms with Crippen LogP contribution in [0.25, 0.3) is 0 Å². The van der Waals surface area contributed by atoms with Crippen molar-refractivity contribution >= 4 is 5.97 Å². The van der Waals surface area contributed by atoms with Crippen molar-refractivity contribution in [2.45, 2.75) is 39.2 Å². The standard InChI is InChI=1S/C8H14O2/c1-3-6(2)10-8(9)7-4-5-7/h6-7H,3-5H2,1-2H3/t6-/m1/s1. The summed E-state index contributed by atoms with van der Waals surface area (Å²) in [6.07, 6.45) is 3.09. The van der Waals surface area contributed by atoms with E-state index in [9.17, 15) is 4.79 Å². The summed E-state index contributed by atoms with van der Waals surface area (Å²) in [4.78, 5) is 11.0. The van der Waals surface area contributed by atoms with Crippen LogP contribution in [0.2, 0.25) is 0 Å². The smallest absolute Gasteiger partial charge is 0.309 e. The van der Waals surface area contributed by atoms with E-state index in [0.29, 0.717) is 0 Å². The molecule has 2 nitrogen and oxygen atoms in total. The van der Waals surface area contributed by atoms with Crippen LogP contribution in [0.15, 0.2) is 0 Å². The molecule has 1 fully saturated rings. The van der Waals surface area contributed by atoms with Gasteiger partial charge in [-0.2, -0.15) is 0 Å². The zero-order valence-corrected chi connectivity index (χ0v) is 6.59. The number of ether oxygens (including phenoxy) is 1. The van der Waals surface area contributed by atoms with Crippen molar-refractivity contribution < 1.29 is 9.53 Å². The Morgan fingerprint density at radius 2 is 2.30 bits per heavy atom. The zero-order chi connectivity index (χ0) is 7.56. The zero-order valence-electron chi connectivity index (χ0n) is 6.59. The lowest BCUT2D eigenvalue weighted by Gasteiger charge is -2.09. The first-order valence-electron chi connectivity index (χ1n) is 3.94. The van der Waals surface area contributed by atoms with Crippen molar-refractivity contribution in [2.75, 3.05) is 0 Å². The Bertz CT molecular complexity index is 127. The Labute approximate surface area is 61.6 Å². The highest BCUT2D eigenvalue weighted by molar-refractivity contribution is 5.75. The van der Waals surface area contributed by atoms with Crippen molar-refractivity contribution in [2.24, 2.45) is 5.92 Å². The minimum Gasteiger partial charge on any atom is -0.462 e. The maximum Gasteiger partial charge on any atom is 0.309 e. The summed E-state index contributed by atoms with van der Waals surface area (Å²) < 4.78 is 5.08. The largest absolute Gasteiger partial charge is 0.462 e. The Morgan fingerprint density at radius 3 is 2.70 bits per heavy atom. The van der Waals surface area contributed by atoms with Crippen LogP contribution < -0.4 is 0 Å².